The van der Waals surface area contributed by atoms with Crippen LogP contribution in [0.5, 0.6) is 0 Å². The molecule has 19 heavy (non-hydrogen) atoms. The van der Waals surface area contributed by atoms with E-state index in [0.717, 1.165) is 6.42 Å². The Morgan fingerprint density at radius 3 is 2.42 bits per heavy atom. The van der Waals surface area contributed by atoms with Crippen molar-refractivity contribution in [2.45, 2.75) is 51.1 Å². The lowest BCUT2D eigenvalue weighted by atomic mass is 9.61. The fourth-order valence-corrected chi connectivity index (χ4v) is 5.20. The lowest BCUT2D eigenvalue weighted by Gasteiger charge is -2.47. The summed E-state index contributed by atoms with van der Waals surface area (Å²) in [5.41, 5.74) is -0.0709. The van der Waals surface area contributed by atoms with Crippen molar-refractivity contribution in [1.29, 1.82) is 0 Å². The van der Waals surface area contributed by atoms with Crippen LogP contribution in [-0.4, -0.2) is 21.8 Å². The van der Waals surface area contributed by atoms with Crippen molar-refractivity contribution in [3.05, 3.63) is 12.2 Å². The zero-order valence-corrected chi connectivity index (χ0v) is 14.4. The second-order valence-corrected chi connectivity index (χ2v) is 7.62. The third-order valence-corrected chi connectivity index (χ3v) is 5.05. The van der Waals surface area contributed by atoms with Crippen LogP contribution in [0.1, 0.15) is 41.0 Å². The van der Waals surface area contributed by atoms with E-state index < -0.39 is 0 Å². The topological polar surface area (TPSA) is 43.4 Å². The normalized spacial score (nSPS) is 34.2. The number of rotatable bonds is 3. The minimum atomic E-state index is -0.268. The van der Waals surface area contributed by atoms with Crippen LogP contribution in [0.4, 0.5) is 0 Å². The Hall–Kier alpha value is -0.390. The maximum atomic E-state index is 12.3. The van der Waals surface area contributed by atoms with E-state index in [1.54, 1.807) is 12.2 Å². The molecule has 0 aromatic rings. The highest BCUT2D eigenvalue weighted by molar-refractivity contribution is 14.1. The molecule has 1 aliphatic carbocycles. The van der Waals surface area contributed by atoms with Gasteiger partial charge in [-0.15, -0.1) is 0 Å². The fourth-order valence-electron chi connectivity index (χ4n) is 3.26. The lowest BCUT2D eigenvalue weighted by Crippen LogP contribution is -2.51. The summed E-state index contributed by atoms with van der Waals surface area (Å²) in [6, 6.07) is 0. The second kappa shape index (κ2) is 6.37. The van der Waals surface area contributed by atoms with Gasteiger partial charge in [0.2, 0.25) is 0 Å². The highest BCUT2D eigenvalue weighted by Crippen LogP contribution is 2.48. The summed E-state index contributed by atoms with van der Waals surface area (Å²) in [4.78, 5) is 23.6. The maximum absolute atomic E-state index is 12.3. The zero-order valence-electron chi connectivity index (χ0n) is 12.3. The van der Waals surface area contributed by atoms with Crippen LogP contribution in [0, 0.1) is 17.3 Å². The van der Waals surface area contributed by atoms with Gasteiger partial charge in [0.05, 0.1) is 0 Å². The van der Waals surface area contributed by atoms with Crippen LogP contribution in [0.3, 0.4) is 0 Å². The molecule has 1 fully saturated rings. The zero-order chi connectivity index (χ0) is 14.8. The number of ketones is 1. The van der Waals surface area contributed by atoms with Crippen molar-refractivity contribution in [2.75, 3.05) is 0 Å². The van der Waals surface area contributed by atoms with Gasteiger partial charge in [-0.05, 0) is 24.8 Å². The Balaban J connectivity index is 3.05. The van der Waals surface area contributed by atoms with Gasteiger partial charge in [-0.2, -0.15) is 0 Å². The Morgan fingerprint density at radius 2 is 1.95 bits per heavy atom. The lowest BCUT2D eigenvalue weighted by molar-refractivity contribution is -0.156. The first-order valence-electron chi connectivity index (χ1n) is 6.68. The Bertz CT molecular complexity index is 387. The first-order chi connectivity index (χ1) is 8.70. The molecule has 4 unspecified atom stereocenters. The molecule has 0 spiro atoms. The van der Waals surface area contributed by atoms with Crippen molar-refractivity contribution >= 4 is 34.3 Å². The molecule has 0 aliphatic heterocycles. The highest BCUT2D eigenvalue weighted by Gasteiger charge is 2.49. The summed E-state index contributed by atoms with van der Waals surface area (Å²) in [6.45, 7) is 9.56. The van der Waals surface area contributed by atoms with Crippen LogP contribution in [-0.2, 0) is 14.3 Å². The number of halogens is 1. The van der Waals surface area contributed by atoms with Crippen molar-refractivity contribution < 1.29 is 14.3 Å². The van der Waals surface area contributed by atoms with Crippen LogP contribution >= 0.6 is 22.6 Å². The number of alkyl halides is 1. The Labute approximate surface area is 129 Å². The van der Waals surface area contributed by atoms with E-state index in [1.165, 1.54) is 6.92 Å². The molecule has 4 atom stereocenters. The predicted octanol–water partition coefficient (Wildman–Crippen LogP) is 3.55. The molecule has 108 valence electrons. The van der Waals surface area contributed by atoms with Gasteiger partial charge in [0.15, 0.2) is 5.78 Å². The Kier molecular flexibility index (Phi) is 5.59. The standard InChI is InChI=1S/C15H23IO3/c1-6-7-12(18)13-9(2)14(19-10(3)17)11(16)8-15(13,4)5/h6-7,9,11,13-14H,8H2,1-5H3. The molecule has 0 saturated heterocycles. The highest BCUT2D eigenvalue weighted by atomic mass is 127. The smallest absolute Gasteiger partial charge is 0.302 e. The van der Waals surface area contributed by atoms with E-state index in [4.69, 9.17) is 4.74 Å². The molecule has 0 radical (unpaired) electrons. The van der Waals surface area contributed by atoms with Gasteiger partial charge in [-0.1, -0.05) is 49.4 Å². The largest absolute Gasteiger partial charge is 0.461 e. The molecule has 0 aromatic heterocycles. The molecule has 0 aromatic carbocycles. The third kappa shape index (κ3) is 3.80. The van der Waals surface area contributed by atoms with Gasteiger partial charge in [-0.3, -0.25) is 9.59 Å². The summed E-state index contributed by atoms with van der Waals surface area (Å²) >= 11 is 2.34. The maximum Gasteiger partial charge on any atom is 0.302 e. The van der Waals surface area contributed by atoms with E-state index >= 15 is 0 Å². The minimum absolute atomic E-state index is 0.0400. The quantitative estimate of drug-likeness (QED) is 0.327. The third-order valence-electron chi connectivity index (χ3n) is 3.90. The molecule has 1 aliphatic rings. The van der Waals surface area contributed by atoms with Gasteiger partial charge in [0, 0.05) is 22.7 Å². The molecule has 3 nitrogen and oxygen atoms in total. The summed E-state index contributed by atoms with van der Waals surface area (Å²) in [7, 11) is 0. The molecule has 4 heteroatoms. The Morgan fingerprint density at radius 1 is 1.37 bits per heavy atom. The number of esters is 1. The fraction of sp³-hybridized carbons (Fsp3) is 0.733. The van der Waals surface area contributed by atoms with Crippen molar-refractivity contribution in [3.8, 4) is 0 Å². The van der Waals surface area contributed by atoms with E-state index in [0.29, 0.717) is 0 Å². The van der Waals surface area contributed by atoms with Gasteiger partial charge < -0.3 is 4.74 Å². The molecular weight excluding hydrogens is 355 g/mol. The SMILES string of the molecule is CC=CC(=O)C1C(C)C(OC(C)=O)C(I)CC1(C)C. The van der Waals surface area contributed by atoms with Crippen LogP contribution < -0.4 is 0 Å². The molecule has 0 bridgehead atoms. The summed E-state index contributed by atoms with van der Waals surface area (Å²) in [6.07, 6.45) is 4.12. The summed E-state index contributed by atoms with van der Waals surface area (Å²) < 4.78 is 5.70. The van der Waals surface area contributed by atoms with Gasteiger partial charge in [-0.25, -0.2) is 0 Å². The molecule has 0 amide bonds. The molecule has 0 N–H and O–H groups in total. The minimum Gasteiger partial charge on any atom is -0.461 e. The van der Waals surface area contributed by atoms with Gasteiger partial charge in [0.25, 0.3) is 0 Å². The first-order valence-corrected chi connectivity index (χ1v) is 7.93. The van der Waals surface area contributed by atoms with Crippen molar-refractivity contribution in [3.63, 3.8) is 0 Å². The van der Waals surface area contributed by atoms with Gasteiger partial charge >= 0.3 is 5.97 Å². The number of allylic oxidation sites excluding steroid dienone is 2. The number of hydrogen-bond acceptors (Lipinski definition) is 3. The van der Waals surface area contributed by atoms with E-state index in [1.807, 2.05) is 13.8 Å². The number of ether oxygens (including phenoxy) is 1. The van der Waals surface area contributed by atoms with Gasteiger partial charge in [0.1, 0.15) is 6.10 Å². The van der Waals surface area contributed by atoms with Crippen LogP contribution in [0.15, 0.2) is 12.2 Å². The second-order valence-electron chi connectivity index (χ2n) is 6.02. The van der Waals surface area contributed by atoms with Crippen LogP contribution in [0.25, 0.3) is 0 Å². The first kappa shape index (κ1) is 16.7. The molecular formula is C15H23IO3. The number of carbonyl (C=O) groups is 2. The predicted molar refractivity (Wildman–Crippen MR) is 84.2 cm³/mol. The van der Waals surface area contributed by atoms with E-state index in [9.17, 15) is 9.59 Å². The van der Waals surface area contributed by atoms with E-state index in [-0.39, 0.29) is 39.0 Å². The summed E-state index contributed by atoms with van der Waals surface area (Å²) in [5, 5.41) is 0. The summed E-state index contributed by atoms with van der Waals surface area (Å²) in [5.74, 6) is -0.187. The molecule has 1 rings (SSSR count). The number of hydrogen-bond donors (Lipinski definition) is 0. The van der Waals surface area contributed by atoms with Crippen molar-refractivity contribution in [1.82, 2.24) is 0 Å². The average molecular weight is 378 g/mol. The molecule has 0 heterocycles. The average Bonchev–Trinajstić information content (AvgIpc) is 2.22. The number of carbonyl (C=O) groups excluding carboxylic acids is 2. The van der Waals surface area contributed by atoms with Crippen LogP contribution in [0.2, 0.25) is 0 Å². The van der Waals surface area contributed by atoms with Crippen molar-refractivity contribution in [2.24, 2.45) is 17.3 Å². The molecule has 1 saturated carbocycles. The monoisotopic (exact) mass is 378 g/mol. The van der Waals surface area contributed by atoms with E-state index in [2.05, 4.69) is 36.4 Å².